The van der Waals surface area contributed by atoms with Crippen LogP contribution in [0.5, 0.6) is 5.75 Å². The Balaban J connectivity index is 1.95. The molecule has 0 fully saturated rings. The van der Waals surface area contributed by atoms with Gasteiger partial charge in [0, 0.05) is 0 Å². The molecule has 0 radical (unpaired) electrons. The Labute approximate surface area is 148 Å². The molecule has 0 saturated carbocycles. The quantitative estimate of drug-likeness (QED) is 0.741. The Morgan fingerprint density at radius 2 is 1.80 bits per heavy atom. The lowest BCUT2D eigenvalue weighted by Gasteiger charge is -2.15. The molecule has 0 unspecified atom stereocenters. The SMILES string of the molecule is Cc1ccc(C(C)C)c(OCC(=O)NNS(=O)(=O)c2ccccc2)c1. The van der Waals surface area contributed by atoms with Gasteiger partial charge in [0.2, 0.25) is 0 Å². The number of carbonyl (C=O) groups excluding carboxylic acids is 1. The van der Waals surface area contributed by atoms with Crippen LogP contribution in [-0.4, -0.2) is 20.9 Å². The van der Waals surface area contributed by atoms with E-state index >= 15 is 0 Å². The molecule has 2 N–H and O–H groups in total. The normalized spacial score (nSPS) is 11.4. The lowest BCUT2D eigenvalue weighted by atomic mass is 10.0. The molecule has 0 aliphatic heterocycles. The zero-order chi connectivity index (χ0) is 18.4. The van der Waals surface area contributed by atoms with Gasteiger partial charge in [-0.25, -0.2) is 8.42 Å². The summed E-state index contributed by atoms with van der Waals surface area (Å²) in [6, 6.07) is 13.6. The van der Waals surface area contributed by atoms with E-state index in [1.165, 1.54) is 12.1 Å². The van der Waals surface area contributed by atoms with Gasteiger partial charge in [-0.1, -0.05) is 44.2 Å². The number of carbonyl (C=O) groups is 1. The summed E-state index contributed by atoms with van der Waals surface area (Å²) >= 11 is 0. The zero-order valence-corrected chi connectivity index (χ0v) is 15.3. The molecule has 134 valence electrons. The van der Waals surface area contributed by atoms with Gasteiger partial charge in [-0.15, -0.1) is 4.83 Å². The maximum absolute atomic E-state index is 12.0. The van der Waals surface area contributed by atoms with E-state index in [0.717, 1.165) is 11.1 Å². The van der Waals surface area contributed by atoms with E-state index in [1.807, 2.05) is 39.0 Å². The predicted octanol–water partition coefficient (Wildman–Crippen LogP) is 2.51. The first-order valence-corrected chi connectivity index (χ1v) is 9.37. The first kappa shape index (κ1) is 19.0. The van der Waals surface area contributed by atoms with Crippen molar-refractivity contribution in [3.8, 4) is 5.75 Å². The molecule has 25 heavy (non-hydrogen) atoms. The third kappa shape index (κ3) is 5.30. The van der Waals surface area contributed by atoms with Gasteiger partial charge < -0.3 is 4.74 Å². The number of ether oxygens (including phenoxy) is 1. The second-order valence-electron chi connectivity index (χ2n) is 5.95. The first-order valence-electron chi connectivity index (χ1n) is 7.88. The highest BCUT2D eigenvalue weighted by Gasteiger charge is 2.15. The summed E-state index contributed by atoms with van der Waals surface area (Å²) in [6.07, 6.45) is 0. The summed E-state index contributed by atoms with van der Waals surface area (Å²) in [5, 5.41) is 0. The number of rotatable bonds is 7. The van der Waals surface area contributed by atoms with Crippen LogP contribution in [0, 0.1) is 6.92 Å². The number of hydrogen-bond donors (Lipinski definition) is 2. The van der Waals surface area contributed by atoms with Crippen molar-refractivity contribution in [3.05, 3.63) is 59.7 Å². The summed E-state index contributed by atoms with van der Waals surface area (Å²) in [7, 11) is -3.80. The summed E-state index contributed by atoms with van der Waals surface area (Å²) in [6.45, 7) is 5.71. The van der Waals surface area contributed by atoms with E-state index < -0.39 is 15.9 Å². The standard InChI is InChI=1S/C18H22N2O4S/c1-13(2)16-10-9-14(3)11-17(16)24-12-18(21)19-20-25(22,23)15-7-5-4-6-8-15/h4-11,13,20H,12H2,1-3H3,(H,19,21). The Kier molecular flexibility index (Phi) is 6.17. The van der Waals surface area contributed by atoms with Crippen LogP contribution in [0.3, 0.4) is 0 Å². The van der Waals surface area contributed by atoms with Gasteiger partial charge in [-0.3, -0.25) is 10.2 Å². The molecule has 6 nitrogen and oxygen atoms in total. The predicted molar refractivity (Wildman–Crippen MR) is 95.7 cm³/mol. The summed E-state index contributed by atoms with van der Waals surface area (Å²) in [5.74, 6) is 0.280. The smallest absolute Gasteiger partial charge is 0.272 e. The van der Waals surface area contributed by atoms with Crippen LogP contribution in [-0.2, 0) is 14.8 Å². The average molecular weight is 362 g/mol. The highest BCUT2D eigenvalue weighted by atomic mass is 32.2. The Morgan fingerprint density at radius 3 is 2.44 bits per heavy atom. The fourth-order valence-electron chi connectivity index (χ4n) is 2.21. The summed E-state index contributed by atoms with van der Waals surface area (Å²) in [5.41, 5.74) is 4.16. The third-order valence-corrected chi connectivity index (χ3v) is 4.79. The van der Waals surface area contributed by atoms with Gasteiger partial charge in [-0.05, 0) is 42.2 Å². The van der Waals surface area contributed by atoms with Gasteiger partial charge in [0.25, 0.3) is 15.9 Å². The minimum atomic E-state index is -3.80. The van der Waals surface area contributed by atoms with E-state index in [1.54, 1.807) is 18.2 Å². The van der Waals surface area contributed by atoms with E-state index in [0.29, 0.717) is 5.75 Å². The van der Waals surface area contributed by atoms with Crippen molar-refractivity contribution in [2.45, 2.75) is 31.6 Å². The molecular formula is C18H22N2O4S. The minimum Gasteiger partial charge on any atom is -0.483 e. The monoisotopic (exact) mass is 362 g/mol. The van der Waals surface area contributed by atoms with Gasteiger partial charge >= 0.3 is 0 Å². The maximum atomic E-state index is 12.0. The fourth-order valence-corrected chi connectivity index (χ4v) is 3.09. The molecule has 0 bridgehead atoms. The molecular weight excluding hydrogens is 340 g/mol. The second-order valence-corrected chi connectivity index (χ2v) is 7.63. The van der Waals surface area contributed by atoms with Crippen molar-refractivity contribution in [2.75, 3.05) is 6.61 Å². The lowest BCUT2D eigenvalue weighted by Crippen LogP contribution is -2.43. The van der Waals surface area contributed by atoms with Crippen LogP contribution in [0.1, 0.15) is 30.9 Å². The van der Waals surface area contributed by atoms with E-state index in [-0.39, 0.29) is 17.4 Å². The number of hydrogen-bond acceptors (Lipinski definition) is 4. The Morgan fingerprint density at radius 1 is 1.12 bits per heavy atom. The second kappa shape index (κ2) is 8.13. The van der Waals surface area contributed by atoms with Crippen molar-refractivity contribution in [1.82, 2.24) is 10.3 Å². The van der Waals surface area contributed by atoms with E-state index in [4.69, 9.17) is 4.74 Å². The van der Waals surface area contributed by atoms with E-state index in [9.17, 15) is 13.2 Å². The minimum absolute atomic E-state index is 0.0667. The number of benzene rings is 2. The average Bonchev–Trinajstić information content (AvgIpc) is 2.59. The number of sulfonamides is 1. The molecule has 0 aliphatic rings. The van der Waals surface area contributed by atoms with Gasteiger partial charge in [0.15, 0.2) is 6.61 Å². The molecule has 0 spiro atoms. The topological polar surface area (TPSA) is 84.5 Å². The number of aryl methyl sites for hydroxylation is 1. The molecule has 1 amide bonds. The van der Waals surface area contributed by atoms with Crippen molar-refractivity contribution in [1.29, 1.82) is 0 Å². The van der Waals surface area contributed by atoms with Crippen LogP contribution < -0.4 is 15.0 Å². The summed E-state index contributed by atoms with van der Waals surface area (Å²) < 4.78 is 29.6. The number of hydrazine groups is 1. The van der Waals surface area contributed by atoms with Crippen molar-refractivity contribution in [3.63, 3.8) is 0 Å². The fraction of sp³-hybridized carbons (Fsp3) is 0.278. The first-order chi connectivity index (χ1) is 11.8. The van der Waals surface area contributed by atoms with E-state index in [2.05, 4.69) is 10.3 Å². The Hall–Kier alpha value is -2.38. The maximum Gasteiger partial charge on any atom is 0.272 e. The molecule has 0 heterocycles. The number of amides is 1. The molecule has 0 atom stereocenters. The van der Waals surface area contributed by atoms with Crippen molar-refractivity contribution < 1.29 is 17.9 Å². The van der Waals surface area contributed by atoms with Crippen molar-refractivity contribution >= 4 is 15.9 Å². The molecule has 2 rings (SSSR count). The van der Waals surface area contributed by atoms with Crippen LogP contribution in [0.2, 0.25) is 0 Å². The lowest BCUT2D eigenvalue weighted by molar-refractivity contribution is -0.123. The largest absolute Gasteiger partial charge is 0.483 e. The molecule has 2 aromatic rings. The highest BCUT2D eigenvalue weighted by Crippen LogP contribution is 2.27. The van der Waals surface area contributed by atoms with Crippen molar-refractivity contribution in [2.24, 2.45) is 0 Å². The molecule has 2 aromatic carbocycles. The molecule has 0 saturated heterocycles. The molecule has 7 heteroatoms. The van der Waals surface area contributed by atoms with Crippen LogP contribution >= 0.6 is 0 Å². The van der Waals surface area contributed by atoms with Crippen LogP contribution in [0.4, 0.5) is 0 Å². The Bertz CT molecular complexity index is 833. The third-order valence-electron chi connectivity index (χ3n) is 3.53. The molecule has 0 aromatic heterocycles. The highest BCUT2D eigenvalue weighted by molar-refractivity contribution is 7.89. The zero-order valence-electron chi connectivity index (χ0n) is 14.4. The van der Waals surface area contributed by atoms with Crippen LogP contribution in [0.15, 0.2) is 53.4 Å². The van der Waals surface area contributed by atoms with Gasteiger partial charge in [-0.2, -0.15) is 0 Å². The number of nitrogens with one attached hydrogen (secondary N) is 2. The van der Waals surface area contributed by atoms with Crippen LogP contribution in [0.25, 0.3) is 0 Å². The summed E-state index contributed by atoms with van der Waals surface area (Å²) in [4.78, 5) is 14.0. The molecule has 0 aliphatic carbocycles. The van der Waals surface area contributed by atoms with Gasteiger partial charge in [0.1, 0.15) is 5.75 Å². The van der Waals surface area contributed by atoms with Gasteiger partial charge in [0.05, 0.1) is 4.90 Å².